The Balaban J connectivity index is 2.78. The summed E-state index contributed by atoms with van der Waals surface area (Å²) in [6.45, 7) is 1.30. The van der Waals surface area contributed by atoms with Gasteiger partial charge in [-0.15, -0.1) is 0 Å². The lowest BCUT2D eigenvalue weighted by molar-refractivity contribution is -0.149. The van der Waals surface area contributed by atoms with E-state index in [0.29, 0.717) is 22.1 Å². The van der Waals surface area contributed by atoms with Crippen LogP contribution in [-0.2, 0) is 14.3 Å². The minimum absolute atomic E-state index is 0.305. The van der Waals surface area contributed by atoms with Gasteiger partial charge in [-0.05, 0) is 30.7 Å². The van der Waals surface area contributed by atoms with Crippen molar-refractivity contribution < 1.29 is 28.6 Å². The predicted molar refractivity (Wildman–Crippen MR) is 86.9 cm³/mol. The summed E-state index contributed by atoms with van der Waals surface area (Å²) in [5, 5.41) is 2.11. The largest absolute Gasteiger partial charge is 0.493 e. The summed E-state index contributed by atoms with van der Waals surface area (Å²) < 4.78 is 15.1. The van der Waals surface area contributed by atoms with Crippen molar-refractivity contribution in [2.45, 2.75) is 13.0 Å². The Kier molecular flexibility index (Phi) is 7.06. The number of carbonyl (C=O) groups excluding carboxylic acids is 3. The summed E-state index contributed by atoms with van der Waals surface area (Å²) in [6.07, 6.45) is 1.35. The highest BCUT2D eigenvalue weighted by molar-refractivity contribution is 6.32. The maximum atomic E-state index is 11.7. The summed E-state index contributed by atoms with van der Waals surface area (Å²) in [7, 11) is 2.91. The van der Waals surface area contributed by atoms with Gasteiger partial charge < -0.3 is 19.9 Å². The van der Waals surface area contributed by atoms with Crippen LogP contribution in [0, 0.1) is 0 Å². The van der Waals surface area contributed by atoms with E-state index in [0.717, 1.165) is 6.08 Å². The molecule has 0 aliphatic rings. The summed E-state index contributed by atoms with van der Waals surface area (Å²) in [5.41, 5.74) is 5.36. The van der Waals surface area contributed by atoms with Crippen LogP contribution in [0.2, 0.25) is 5.02 Å². The highest BCUT2D eigenvalue weighted by Gasteiger charge is 2.17. The van der Waals surface area contributed by atoms with Gasteiger partial charge in [0.25, 0.3) is 5.91 Å². The monoisotopic (exact) mass is 356 g/mol. The number of hydrogen-bond acceptors (Lipinski definition) is 6. The van der Waals surface area contributed by atoms with Crippen molar-refractivity contribution in [3.63, 3.8) is 0 Å². The van der Waals surface area contributed by atoms with Crippen molar-refractivity contribution in [1.29, 1.82) is 0 Å². The van der Waals surface area contributed by atoms with E-state index in [1.807, 2.05) is 5.32 Å². The number of carbonyl (C=O) groups is 3. The zero-order valence-electron chi connectivity index (χ0n) is 13.3. The number of imide groups is 1. The lowest BCUT2D eigenvalue weighted by Crippen LogP contribution is -2.42. The van der Waals surface area contributed by atoms with Crippen LogP contribution in [-0.4, -0.2) is 38.2 Å². The quantitative estimate of drug-likeness (QED) is 0.589. The summed E-state index contributed by atoms with van der Waals surface area (Å²) >= 11 is 6.05. The molecule has 0 saturated heterocycles. The molecule has 1 unspecified atom stereocenters. The molecule has 1 rings (SSSR count). The molecule has 0 radical (unpaired) electrons. The molecule has 0 aliphatic carbocycles. The fourth-order valence-electron chi connectivity index (χ4n) is 1.69. The van der Waals surface area contributed by atoms with Gasteiger partial charge in [0, 0.05) is 6.08 Å². The van der Waals surface area contributed by atoms with E-state index in [1.165, 1.54) is 27.2 Å². The Hall–Kier alpha value is -2.74. The van der Waals surface area contributed by atoms with Crippen molar-refractivity contribution in [3.8, 4) is 11.5 Å². The van der Waals surface area contributed by atoms with Crippen LogP contribution in [0.15, 0.2) is 18.2 Å². The molecular weight excluding hydrogens is 340 g/mol. The summed E-state index contributed by atoms with van der Waals surface area (Å²) in [6, 6.07) is 2.14. The van der Waals surface area contributed by atoms with Crippen LogP contribution >= 0.6 is 11.6 Å². The van der Waals surface area contributed by atoms with Gasteiger partial charge in [0.2, 0.25) is 0 Å². The number of methoxy groups -OCH3 is 2. The molecule has 130 valence electrons. The molecule has 0 spiro atoms. The number of halogens is 1. The normalized spacial score (nSPS) is 11.7. The van der Waals surface area contributed by atoms with E-state index in [4.69, 9.17) is 31.5 Å². The molecule has 0 heterocycles. The number of primary amides is 1. The van der Waals surface area contributed by atoms with Crippen LogP contribution in [0.3, 0.4) is 0 Å². The average Bonchev–Trinajstić information content (AvgIpc) is 2.51. The van der Waals surface area contributed by atoms with Crippen LogP contribution in [0.25, 0.3) is 6.08 Å². The van der Waals surface area contributed by atoms with Gasteiger partial charge in [-0.25, -0.2) is 9.59 Å². The van der Waals surface area contributed by atoms with Crippen LogP contribution in [0.1, 0.15) is 12.5 Å². The van der Waals surface area contributed by atoms with Crippen molar-refractivity contribution in [1.82, 2.24) is 5.32 Å². The molecule has 0 saturated carbocycles. The second-order valence-electron chi connectivity index (χ2n) is 4.50. The minimum Gasteiger partial charge on any atom is -0.493 e. The molecule has 0 aliphatic heterocycles. The number of benzene rings is 1. The van der Waals surface area contributed by atoms with E-state index in [9.17, 15) is 14.4 Å². The number of urea groups is 1. The number of nitrogens with one attached hydrogen (secondary N) is 1. The van der Waals surface area contributed by atoms with Gasteiger partial charge in [-0.3, -0.25) is 10.1 Å². The molecule has 24 heavy (non-hydrogen) atoms. The lowest BCUT2D eigenvalue weighted by Gasteiger charge is -2.11. The van der Waals surface area contributed by atoms with Gasteiger partial charge >= 0.3 is 12.0 Å². The van der Waals surface area contributed by atoms with Crippen molar-refractivity contribution in [2.75, 3.05) is 14.2 Å². The van der Waals surface area contributed by atoms with Crippen LogP contribution in [0.4, 0.5) is 4.79 Å². The molecule has 9 heteroatoms. The summed E-state index contributed by atoms with van der Waals surface area (Å²) in [5.74, 6) is -0.839. The average molecular weight is 357 g/mol. The third-order valence-corrected chi connectivity index (χ3v) is 3.06. The van der Waals surface area contributed by atoms with E-state index in [2.05, 4.69) is 0 Å². The molecule has 1 atom stereocenters. The first-order chi connectivity index (χ1) is 11.3. The number of hydrogen-bond donors (Lipinski definition) is 2. The van der Waals surface area contributed by atoms with E-state index >= 15 is 0 Å². The molecule has 0 bridgehead atoms. The first kappa shape index (κ1) is 19.3. The number of ether oxygens (including phenoxy) is 3. The highest BCUT2D eigenvalue weighted by Crippen LogP contribution is 2.36. The number of amides is 3. The van der Waals surface area contributed by atoms with Crippen LogP contribution < -0.4 is 20.5 Å². The van der Waals surface area contributed by atoms with Crippen molar-refractivity contribution in [3.05, 3.63) is 28.8 Å². The first-order valence-electron chi connectivity index (χ1n) is 6.69. The lowest BCUT2D eigenvalue weighted by atomic mass is 10.2. The number of nitrogens with two attached hydrogens (primary N) is 1. The fourth-order valence-corrected chi connectivity index (χ4v) is 1.98. The maximum Gasteiger partial charge on any atom is 0.331 e. The Morgan fingerprint density at radius 1 is 1.25 bits per heavy atom. The van der Waals surface area contributed by atoms with Crippen molar-refractivity contribution >= 4 is 35.6 Å². The Bertz CT molecular complexity index is 674. The number of rotatable bonds is 6. The smallest absolute Gasteiger partial charge is 0.331 e. The predicted octanol–water partition coefficient (Wildman–Crippen LogP) is 1.50. The second kappa shape index (κ2) is 8.78. The molecule has 3 amide bonds. The third kappa shape index (κ3) is 5.47. The maximum absolute atomic E-state index is 11.7. The van der Waals surface area contributed by atoms with Crippen LogP contribution in [0.5, 0.6) is 11.5 Å². The summed E-state index contributed by atoms with van der Waals surface area (Å²) in [4.78, 5) is 33.6. The third-order valence-electron chi connectivity index (χ3n) is 2.78. The Labute approximate surface area is 143 Å². The van der Waals surface area contributed by atoms with Gasteiger partial charge in [0.15, 0.2) is 17.6 Å². The minimum atomic E-state index is -1.18. The van der Waals surface area contributed by atoms with Gasteiger partial charge in [0.1, 0.15) is 0 Å². The molecule has 0 fully saturated rings. The topological polar surface area (TPSA) is 117 Å². The second-order valence-corrected chi connectivity index (χ2v) is 4.91. The van der Waals surface area contributed by atoms with E-state index in [-0.39, 0.29) is 0 Å². The van der Waals surface area contributed by atoms with Crippen molar-refractivity contribution in [2.24, 2.45) is 5.73 Å². The molecule has 0 aromatic heterocycles. The van der Waals surface area contributed by atoms with Gasteiger partial charge in [0.05, 0.1) is 19.2 Å². The molecule has 1 aromatic rings. The van der Waals surface area contributed by atoms with Gasteiger partial charge in [-0.1, -0.05) is 11.6 Å². The zero-order valence-corrected chi connectivity index (χ0v) is 14.0. The Morgan fingerprint density at radius 3 is 2.46 bits per heavy atom. The standard InChI is InChI=1S/C15H17ClN2O6/c1-8(14(20)18-15(17)21)24-12(19)5-4-9-6-10(16)13(23-3)11(7-9)22-2/h4-8H,1-3H3,(H3,17,18,20,21). The number of esters is 1. The van der Waals surface area contributed by atoms with Gasteiger partial charge in [-0.2, -0.15) is 0 Å². The molecule has 8 nitrogen and oxygen atoms in total. The van der Waals surface area contributed by atoms with E-state index < -0.39 is 24.0 Å². The molecule has 1 aromatic carbocycles. The first-order valence-corrected chi connectivity index (χ1v) is 7.06. The SMILES string of the molecule is COc1cc(C=CC(=O)OC(C)C(=O)NC(N)=O)cc(Cl)c1OC. The zero-order chi connectivity index (χ0) is 18.3. The van der Waals surface area contributed by atoms with E-state index in [1.54, 1.807) is 12.1 Å². The Morgan fingerprint density at radius 2 is 1.92 bits per heavy atom. The molecular formula is C15H17ClN2O6. The highest BCUT2D eigenvalue weighted by atomic mass is 35.5. The molecule has 3 N–H and O–H groups in total. The fraction of sp³-hybridized carbons (Fsp3) is 0.267.